The highest BCUT2D eigenvalue weighted by atomic mass is 35.5. The normalized spacial score (nSPS) is 12.2. The van der Waals surface area contributed by atoms with Gasteiger partial charge in [0, 0.05) is 6.61 Å². The number of ether oxygens (including phenoxy) is 1. The molecule has 1 unspecified atom stereocenters. The molecule has 23 heavy (non-hydrogen) atoms. The Hall–Kier alpha value is -1.06. The number of anilines is 1. The number of halogens is 1. The van der Waals surface area contributed by atoms with Gasteiger partial charge < -0.3 is 4.74 Å². The van der Waals surface area contributed by atoms with Crippen molar-refractivity contribution in [1.29, 1.82) is 0 Å². The first-order valence-corrected chi connectivity index (χ1v) is 9.19. The van der Waals surface area contributed by atoms with Gasteiger partial charge in [0.15, 0.2) is 0 Å². The third-order valence-electron chi connectivity index (χ3n) is 4.22. The molecule has 0 saturated heterocycles. The van der Waals surface area contributed by atoms with E-state index >= 15 is 0 Å². The first-order chi connectivity index (χ1) is 11.1. The van der Waals surface area contributed by atoms with E-state index in [1.807, 2.05) is 0 Å². The predicted molar refractivity (Wildman–Crippen MR) is 98.5 cm³/mol. The van der Waals surface area contributed by atoms with Crippen LogP contribution < -0.4 is 4.90 Å². The average molecular weight is 340 g/mol. The van der Waals surface area contributed by atoms with E-state index in [-0.39, 0.29) is 18.5 Å². The zero-order valence-electron chi connectivity index (χ0n) is 14.9. The van der Waals surface area contributed by atoms with Crippen LogP contribution in [-0.4, -0.2) is 25.1 Å². The fourth-order valence-corrected chi connectivity index (χ4v) is 2.72. The second-order valence-corrected chi connectivity index (χ2v) is 6.13. The molecule has 0 bridgehead atoms. The summed E-state index contributed by atoms with van der Waals surface area (Å²) in [5.41, 5.74) is 3.36. The minimum atomic E-state index is -0.103. The summed E-state index contributed by atoms with van der Waals surface area (Å²) >= 11 is 5.85. The van der Waals surface area contributed by atoms with E-state index in [0.29, 0.717) is 12.5 Å². The van der Waals surface area contributed by atoms with Gasteiger partial charge in [0.25, 0.3) is 0 Å². The van der Waals surface area contributed by atoms with Gasteiger partial charge in [-0.2, -0.15) is 0 Å². The average Bonchev–Trinajstić information content (AvgIpc) is 2.60. The highest BCUT2D eigenvalue weighted by Gasteiger charge is 2.22. The molecule has 1 atom stereocenters. The number of hydrogen-bond acceptors (Lipinski definition) is 2. The molecule has 0 heterocycles. The zero-order valence-corrected chi connectivity index (χ0v) is 15.7. The Morgan fingerprint density at radius 3 is 2.61 bits per heavy atom. The Morgan fingerprint density at radius 2 is 2.04 bits per heavy atom. The molecule has 0 aliphatic rings. The lowest BCUT2D eigenvalue weighted by Gasteiger charge is -2.28. The van der Waals surface area contributed by atoms with E-state index in [1.54, 1.807) is 4.90 Å². The molecule has 0 saturated carbocycles. The summed E-state index contributed by atoms with van der Waals surface area (Å²) in [5.74, 6) is 0.251. The SMILES string of the molecule is CCCCOCN(C(=O)CCl)c1c(CC)cccc1C(C)CC. The topological polar surface area (TPSA) is 29.5 Å². The molecule has 0 N–H and O–H groups in total. The van der Waals surface area contributed by atoms with Crippen molar-refractivity contribution in [3.8, 4) is 0 Å². The molecule has 1 amide bonds. The molecular weight excluding hydrogens is 310 g/mol. The standard InChI is InChI=1S/C19H30ClNO2/c1-5-8-12-23-14-21(18(22)13-20)19-16(7-3)10-9-11-17(19)15(4)6-2/h9-11,15H,5-8,12-14H2,1-4H3. The smallest absolute Gasteiger partial charge is 0.243 e. The molecular formula is C19H30ClNO2. The molecule has 1 rings (SSSR count). The first kappa shape index (κ1) is 20.0. The van der Waals surface area contributed by atoms with Gasteiger partial charge >= 0.3 is 0 Å². The van der Waals surface area contributed by atoms with E-state index in [4.69, 9.17) is 16.3 Å². The van der Waals surface area contributed by atoms with Gasteiger partial charge in [0.05, 0.1) is 5.69 Å². The van der Waals surface area contributed by atoms with Crippen molar-refractivity contribution in [3.63, 3.8) is 0 Å². The van der Waals surface area contributed by atoms with Crippen LogP contribution in [0.25, 0.3) is 0 Å². The maximum absolute atomic E-state index is 12.4. The van der Waals surface area contributed by atoms with E-state index in [2.05, 4.69) is 45.9 Å². The molecule has 4 heteroatoms. The summed E-state index contributed by atoms with van der Waals surface area (Å²) in [4.78, 5) is 14.1. The van der Waals surface area contributed by atoms with Crippen molar-refractivity contribution in [2.45, 2.75) is 59.3 Å². The number of unbranched alkanes of at least 4 members (excludes halogenated alkanes) is 1. The molecule has 0 fully saturated rings. The van der Waals surface area contributed by atoms with Crippen molar-refractivity contribution in [1.82, 2.24) is 0 Å². The zero-order chi connectivity index (χ0) is 17.2. The maximum Gasteiger partial charge on any atom is 0.243 e. The molecule has 0 spiro atoms. The van der Waals surface area contributed by atoms with Gasteiger partial charge in [-0.25, -0.2) is 0 Å². The third kappa shape index (κ3) is 5.50. The van der Waals surface area contributed by atoms with Gasteiger partial charge in [-0.05, 0) is 36.3 Å². The number of carbonyl (C=O) groups excluding carboxylic acids is 1. The Labute approximate surface area is 146 Å². The largest absolute Gasteiger partial charge is 0.361 e. The fraction of sp³-hybridized carbons (Fsp3) is 0.632. The molecule has 0 aliphatic carbocycles. The van der Waals surface area contributed by atoms with Crippen molar-refractivity contribution < 1.29 is 9.53 Å². The van der Waals surface area contributed by atoms with Gasteiger partial charge in [-0.1, -0.05) is 52.3 Å². The minimum Gasteiger partial charge on any atom is -0.361 e. The van der Waals surface area contributed by atoms with Crippen LogP contribution in [0.4, 0.5) is 5.69 Å². The molecule has 1 aromatic carbocycles. The van der Waals surface area contributed by atoms with Crippen LogP contribution in [0.5, 0.6) is 0 Å². The minimum absolute atomic E-state index is 0.0326. The van der Waals surface area contributed by atoms with Crippen molar-refractivity contribution in [2.24, 2.45) is 0 Å². The van der Waals surface area contributed by atoms with E-state index in [1.165, 1.54) is 11.1 Å². The van der Waals surface area contributed by atoms with Crippen LogP contribution >= 0.6 is 11.6 Å². The number of para-hydroxylation sites is 1. The molecule has 0 aromatic heterocycles. The summed E-state index contributed by atoms with van der Waals surface area (Å²) in [6.07, 6.45) is 3.98. The fourth-order valence-electron chi connectivity index (χ4n) is 2.58. The second kappa shape index (κ2) is 10.7. The number of alkyl halides is 1. The number of benzene rings is 1. The van der Waals surface area contributed by atoms with Crippen LogP contribution in [0.2, 0.25) is 0 Å². The lowest BCUT2D eigenvalue weighted by molar-refractivity contribution is -0.117. The lowest BCUT2D eigenvalue weighted by atomic mass is 9.93. The highest BCUT2D eigenvalue weighted by Crippen LogP contribution is 2.33. The molecule has 0 radical (unpaired) electrons. The first-order valence-electron chi connectivity index (χ1n) is 8.66. The molecule has 0 aliphatic heterocycles. The Balaban J connectivity index is 3.19. The predicted octanol–water partition coefficient (Wildman–Crippen LogP) is 5.11. The van der Waals surface area contributed by atoms with Gasteiger partial charge in [0.1, 0.15) is 12.6 Å². The van der Waals surface area contributed by atoms with E-state index in [9.17, 15) is 4.79 Å². The van der Waals surface area contributed by atoms with Crippen LogP contribution in [0, 0.1) is 0 Å². The van der Waals surface area contributed by atoms with Crippen molar-refractivity contribution in [2.75, 3.05) is 24.1 Å². The monoisotopic (exact) mass is 339 g/mol. The summed E-state index contributed by atoms with van der Waals surface area (Å²) in [6, 6.07) is 6.27. The van der Waals surface area contributed by atoms with Crippen LogP contribution in [0.1, 0.15) is 64.0 Å². The number of hydrogen-bond donors (Lipinski definition) is 0. The Bertz CT molecular complexity index is 490. The van der Waals surface area contributed by atoms with Gasteiger partial charge in [0.2, 0.25) is 5.91 Å². The van der Waals surface area contributed by atoms with Gasteiger partial charge in [-0.15, -0.1) is 11.6 Å². The lowest BCUT2D eigenvalue weighted by Crippen LogP contribution is -2.36. The Kier molecular flexibility index (Phi) is 9.27. The molecule has 130 valence electrons. The van der Waals surface area contributed by atoms with Crippen LogP contribution in [-0.2, 0) is 16.0 Å². The summed E-state index contributed by atoms with van der Waals surface area (Å²) in [7, 11) is 0. The highest BCUT2D eigenvalue weighted by molar-refractivity contribution is 6.29. The summed E-state index contributed by atoms with van der Waals surface area (Å²) in [5, 5.41) is 0. The third-order valence-corrected chi connectivity index (χ3v) is 4.45. The number of nitrogens with zero attached hydrogens (tertiary/aromatic N) is 1. The molecule has 1 aromatic rings. The van der Waals surface area contributed by atoms with Crippen LogP contribution in [0.15, 0.2) is 18.2 Å². The van der Waals surface area contributed by atoms with Crippen molar-refractivity contribution >= 4 is 23.2 Å². The second-order valence-electron chi connectivity index (χ2n) is 5.86. The summed E-state index contributed by atoms with van der Waals surface area (Å²) in [6.45, 7) is 9.53. The van der Waals surface area contributed by atoms with E-state index < -0.39 is 0 Å². The van der Waals surface area contributed by atoms with Crippen molar-refractivity contribution in [3.05, 3.63) is 29.3 Å². The quantitative estimate of drug-likeness (QED) is 0.337. The maximum atomic E-state index is 12.4. The number of amides is 1. The number of aryl methyl sites for hydroxylation is 1. The van der Waals surface area contributed by atoms with Crippen LogP contribution in [0.3, 0.4) is 0 Å². The number of carbonyl (C=O) groups is 1. The molecule has 3 nitrogen and oxygen atoms in total. The summed E-state index contributed by atoms with van der Waals surface area (Å²) < 4.78 is 5.73. The Morgan fingerprint density at radius 1 is 1.30 bits per heavy atom. The van der Waals surface area contributed by atoms with Gasteiger partial charge in [-0.3, -0.25) is 9.69 Å². The van der Waals surface area contributed by atoms with E-state index in [0.717, 1.165) is 31.4 Å². The number of rotatable bonds is 10.